The fourth-order valence-electron chi connectivity index (χ4n) is 3.04. The Hall–Kier alpha value is 0.580. The highest BCUT2D eigenvalue weighted by Gasteiger charge is 3.06. The van der Waals surface area contributed by atoms with Gasteiger partial charge in [-0.3, -0.25) is 0 Å². The van der Waals surface area contributed by atoms with Crippen molar-refractivity contribution in [2.24, 2.45) is 10.8 Å². The molecule has 0 saturated heterocycles. The topological polar surface area (TPSA) is 0 Å². The SMILES string of the molecule is CC1(C)C2(Cl)C(C)(C)C12Cl. The van der Waals surface area contributed by atoms with Crippen molar-refractivity contribution in [3.05, 3.63) is 0 Å². The summed E-state index contributed by atoms with van der Waals surface area (Å²) in [5.74, 6) is 0. The van der Waals surface area contributed by atoms with Crippen molar-refractivity contribution >= 4 is 23.2 Å². The minimum absolute atomic E-state index is 0.117. The van der Waals surface area contributed by atoms with E-state index in [1.54, 1.807) is 0 Å². The molecule has 0 N–H and O–H groups in total. The number of fused-ring (bicyclic) bond motifs is 1. The molecule has 2 saturated carbocycles. The summed E-state index contributed by atoms with van der Waals surface area (Å²) in [6, 6.07) is 0. The Balaban J connectivity index is 2.41. The number of hydrogen-bond donors (Lipinski definition) is 0. The van der Waals surface area contributed by atoms with E-state index in [-0.39, 0.29) is 20.6 Å². The number of rotatable bonds is 0. The summed E-state index contributed by atoms with van der Waals surface area (Å²) in [6.07, 6.45) is 0. The Morgan fingerprint density at radius 3 is 0.900 bits per heavy atom. The molecular formula is C8H12Cl2. The lowest BCUT2D eigenvalue weighted by molar-refractivity contribution is 0.298. The Labute approximate surface area is 71.9 Å². The largest absolute Gasteiger partial charge is 0.116 e. The van der Waals surface area contributed by atoms with Crippen molar-refractivity contribution in [3.8, 4) is 0 Å². The Morgan fingerprint density at radius 2 is 0.900 bits per heavy atom. The molecule has 0 atom stereocenters. The van der Waals surface area contributed by atoms with Gasteiger partial charge < -0.3 is 0 Å². The Kier molecular flexibility index (Phi) is 0.845. The van der Waals surface area contributed by atoms with E-state index in [2.05, 4.69) is 27.7 Å². The second-order valence-electron chi connectivity index (χ2n) is 4.57. The number of hydrogen-bond acceptors (Lipinski definition) is 0. The standard InChI is InChI=1S/C8H12Cl2/c1-5(2)7(9)6(3,4)8(5,7)10/h1-4H3. The summed E-state index contributed by atoms with van der Waals surface area (Å²) < 4.78 is 0. The van der Waals surface area contributed by atoms with Crippen LogP contribution >= 0.6 is 23.2 Å². The van der Waals surface area contributed by atoms with Crippen LogP contribution in [0.5, 0.6) is 0 Å². The second kappa shape index (κ2) is 1.17. The van der Waals surface area contributed by atoms with Gasteiger partial charge in [-0.25, -0.2) is 0 Å². The summed E-state index contributed by atoms with van der Waals surface area (Å²) in [5.41, 5.74) is 0.291. The highest BCUT2D eigenvalue weighted by Crippen LogP contribution is 2.99. The van der Waals surface area contributed by atoms with Gasteiger partial charge in [0.2, 0.25) is 0 Å². The molecule has 0 unspecified atom stereocenters. The van der Waals surface area contributed by atoms with Crippen molar-refractivity contribution in [3.63, 3.8) is 0 Å². The smallest absolute Gasteiger partial charge is 0.0786 e. The molecule has 2 heteroatoms. The molecule has 10 heavy (non-hydrogen) atoms. The van der Waals surface area contributed by atoms with Crippen LogP contribution in [0.15, 0.2) is 0 Å². The molecule has 0 aromatic rings. The van der Waals surface area contributed by atoms with Crippen molar-refractivity contribution in [2.45, 2.75) is 37.4 Å². The predicted octanol–water partition coefficient (Wildman–Crippen LogP) is 3.02. The zero-order chi connectivity index (χ0) is 8.00. The molecule has 0 radical (unpaired) electrons. The zero-order valence-corrected chi connectivity index (χ0v) is 8.27. The zero-order valence-electron chi connectivity index (χ0n) is 6.76. The van der Waals surface area contributed by atoms with Gasteiger partial charge in [-0.2, -0.15) is 0 Å². The summed E-state index contributed by atoms with van der Waals surface area (Å²) in [5, 5.41) is 0. The van der Waals surface area contributed by atoms with E-state index in [9.17, 15) is 0 Å². The van der Waals surface area contributed by atoms with Crippen LogP contribution in [0.1, 0.15) is 27.7 Å². The van der Waals surface area contributed by atoms with Gasteiger partial charge in [-0.05, 0) is 0 Å². The van der Waals surface area contributed by atoms with E-state index < -0.39 is 0 Å². The van der Waals surface area contributed by atoms with Crippen molar-refractivity contribution < 1.29 is 0 Å². The maximum Gasteiger partial charge on any atom is 0.0786 e. The third-order valence-corrected chi connectivity index (χ3v) is 6.35. The van der Waals surface area contributed by atoms with E-state index in [1.807, 2.05) is 0 Å². The van der Waals surface area contributed by atoms with Gasteiger partial charge in [-0.1, -0.05) is 27.7 Å². The molecule has 0 bridgehead atoms. The normalized spacial score (nSPS) is 59.4. The van der Waals surface area contributed by atoms with Crippen LogP contribution in [-0.4, -0.2) is 9.75 Å². The van der Waals surface area contributed by atoms with E-state index in [4.69, 9.17) is 23.2 Å². The van der Waals surface area contributed by atoms with Crippen LogP contribution in [0.4, 0.5) is 0 Å². The third kappa shape index (κ3) is 0.285. The fraction of sp³-hybridized carbons (Fsp3) is 1.00. The maximum absolute atomic E-state index is 6.31. The predicted molar refractivity (Wildman–Crippen MR) is 44.7 cm³/mol. The minimum Gasteiger partial charge on any atom is -0.116 e. The second-order valence-corrected chi connectivity index (χ2v) is 5.70. The van der Waals surface area contributed by atoms with Crippen LogP contribution in [0, 0.1) is 10.8 Å². The molecule has 2 aliphatic carbocycles. The van der Waals surface area contributed by atoms with Crippen LogP contribution in [0.3, 0.4) is 0 Å². The van der Waals surface area contributed by atoms with Gasteiger partial charge >= 0.3 is 0 Å². The van der Waals surface area contributed by atoms with Crippen LogP contribution in [0.25, 0.3) is 0 Å². The molecule has 0 nitrogen and oxygen atoms in total. The third-order valence-electron chi connectivity index (χ3n) is 3.79. The average molecular weight is 179 g/mol. The van der Waals surface area contributed by atoms with Crippen molar-refractivity contribution in [1.29, 1.82) is 0 Å². The van der Waals surface area contributed by atoms with E-state index in [1.165, 1.54) is 0 Å². The molecule has 0 heterocycles. The first-order chi connectivity index (χ1) is 4.25. The number of alkyl halides is 2. The highest BCUT2D eigenvalue weighted by molar-refractivity contribution is 6.48. The quantitative estimate of drug-likeness (QED) is 0.501. The van der Waals surface area contributed by atoms with E-state index in [0.29, 0.717) is 0 Å². The molecule has 2 fully saturated rings. The lowest BCUT2D eigenvalue weighted by Gasteiger charge is -2.27. The first kappa shape index (κ1) is 7.24. The lowest BCUT2D eigenvalue weighted by Crippen LogP contribution is -2.28. The summed E-state index contributed by atoms with van der Waals surface area (Å²) in [7, 11) is 0. The lowest BCUT2D eigenvalue weighted by atomic mass is 9.83. The van der Waals surface area contributed by atoms with Gasteiger partial charge in [0.25, 0.3) is 0 Å². The first-order valence-electron chi connectivity index (χ1n) is 3.63. The maximum atomic E-state index is 6.31. The van der Waals surface area contributed by atoms with Gasteiger partial charge in [0, 0.05) is 10.8 Å². The average Bonchev–Trinajstić information content (AvgIpc) is 2.28. The Bertz CT molecular complexity index is 179. The molecule has 0 aliphatic heterocycles. The van der Waals surface area contributed by atoms with Gasteiger partial charge in [0.05, 0.1) is 9.75 Å². The molecular weight excluding hydrogens is 167 g/mol. The highest BCUT2D eigenvalue weighted by atomic mass is 35.5. The van der Waals surface area contributed by atoms with Crippen LogP contribution in [-0.2, 0) is 0 Å². The molecule has 0 spiro atoms. The summed E-state index contributed by atoms with van der Waals surface area (Å²) >= 11 is 12.6. The van der Waals surface area contributed by atoms with Crippen molar-refractivity contribution in [2.75, 3.05) is 0 Å². The molecule has 2 aliphatic rings. The van der Waals surface area contributed by atoms with E-state index in [0.717, 1.165) is 0 Å². The fourth-order valence-corrected chi connectivity index (χ4v) is 4.46. The molecule has 0 aromatic carbocycles. The molecule has 0 aromatic heterocycles. The minimum atomic E-state index is -0.117. The molecule has 0 amide bonds. The van der Waals surface area contributed by atoms with Crippen LogP contribution in [0.2, 0.25) is 0 Å². The van der Waals surface area contributed by atoms with Gasteiger partial charge in [0.15, 0.2) is 0 Å². The Morgan fingerprint density at radius 1 is 0.700 bits per heavy atom. The van der Waals surface area contributed by atoms with Crippen molar-refractivity contribution in [1.82, 2.24) is 0 Å². The monoisotopic (exact) mass is 178 g/mol. The summed E-state index contributed by atoms with van der Waals surface area (Å²) in [6.45, 7) is 8.55. The number of halogens is 2. The summed E-state index contributed by atoms with van der Waals surface area (Å²) in [4.78, 5) is -0.233. The van der Waals surface area contributed by atoms with Crippen LogP contribution < -0.4 is 0 Å². The van der Waals surface area contributed by atoms with E-state index >= 15 is 0 Å². The molecule has 58 valence electrons. The first-order valence-corrected chi connectivity index (χ1v) is 4.38. The van der Waals surface area contributed by atoms with Gasteiger partial charge in [0.1, 0.15) is 0 Å². The van der Waals surface area contributed by atoms with Gasteiger partial charge in [-0.15, -0.1) is 23.2 Å². The molecule has 2 rings (SSSR count).